The van der Waals surface area contributed by atoms with Gasteiger partial charge >= 0.3 is 0 Å². The molecule has 2 N–H and O–H groups in total. The van der Waals surface area contributed by atoms with Gasteiger partial charge in [-0.1, -0.05) is 43.7 Å². The second-order valence-electron chi connectivity index (χ2n) is 6.65. The molecular weight excluding hydrogens is 316 g/mol. The van der Waals surface area contributed by atoms with E-state index in [1.54, 1.807) is 6.20 Å². The van der Waals surface area contributed by atoms with Crippen molar-refractivity contribution in [1.29, 1.82) is 0 Å². The molecule has 134 valence electrons. The van der Waals surface area contributed by atoms with Gasteiger partial charge in [-0.25, -0.2) is 0 Å². The fraction of sp³-hybridized carbons (Fsp3) is 0.400. The highest BCUT2D eigenvalue weighted by molar-refractivity contribution is 5.76. The van der Waals surface area contributed by atoms with Crippen LogP contribution in [0.2, 0.25) is 0 Å². The lowest BCUT2D eigenvalue weighted by Crippen LogP contribution is -2.24. The van der Waals surface area contributed by atoms with E-state index in [0.717, 1.165) is 5.56 Å². The highest BCUT2D eigenvalue weighted by atomic mass is 16.5. The number of nitrogens with one attached hydrogen (secondary N) is 2. The number of amides is 1. The predicted octanol–water partition coefficient (Wildman–Crippen LogP) is 2.97. The largest absolute Gasteiger partial charge is 0.488 e. The van der Waals surface area contributed by atoms with Crippen molar-refractivity contribution in [1.82, 2.24) is 10.3 Å². The summed E-state index contributed by atoms with van der Waals surface area (Å²) in [5.41, 5.74) is 2.83. The summed E-state index contributed by atoms with van der Waals surface area (Å²) in [5.74, 6) is 0.622. The topological polar surface area (TPSA) is 71.2 Å². The van der Waals surface area contributed by atoms with Crippen molar-refractivity contribution >= 4 is 5.91 Å². The lowest BCUT2D eigenvalue weighted by Gasteiger charge is -2.09. The van der Waals surface area contributed by atoms with Gasteiger partial charge in [0.2, 0.25) is 11.3 Å². The molecule has 0 aliphatic carbocycles. The van der Waals surface area contributed by atoms with Gasteiger partial charge in [0, 0.05) is 24.4 Å². The molecule has 0 saturated carbocycles. The van der Waals surface area contributed by atoms with Crippen LogP contribution in [0.25, 0.3) is 0 Å². The summed E-state index contributed by atoms with van der Waals surface area (Å²) in [7, 11) is 0. The van der Waals surface area contributed by atoms with E-state index in [9.17, 15) is 9.59 Å². The first-order chi connectivity index (χ1) is 11.9. The first-order valence-corrected chi connectivity index (χ1v) is 8.60. The van der Waals surface area contributed by atoms with E-state index in [0.29, 0.717) is 43.4 Å². The van der Waals surface area contributed by atoms with Crippen LogP contribution in [-0.2, 0) is 17.8 Å². The Kier molecular flexibility index (Phi) is 6.81. The zero-order valence-electron chi connectivity index (χ0n) is 15.1. The second-order valence-corrected chi connectivity index (χ2v) is 6.65. The Bertz CT molecular complexity index is 748. The number of aromatic amines is 1. The number of H-pyrrole nitrogens is 1. The minimum absolute atomic E-state index is 0.0402. The van der Waals surface area contributed by atoms with Crippen LogP contribution < -0.4 is 15.5 Å². The van der Waals surface area contributed by atoms with Crippen LogP contribution in [0.1, 0.15) is 37.1 Å². The van der Waals surface area contributed by atoms with Gasteiger partial charge in [0.15, 0.2) is 5.75 Å². The summed E-state index contributed by atoms with van der Waals surface area (Å²) >= 11 is 0. The standard InChI is InChI=1S/C20H26N2O3/c1-14(2)13-25-19-12-21-17(10-18(19)23)11-22-20(24)9-8-16-6-4-15(3)5-7-16/h4-7,10,12,14H,8-9,11,13H2,1-3H3,(H,21,23)(H,22,24). The Balaban J connectivity index is 1.80. The molecule has 0 atom stereocenters. The maximum atomic E-state index is 12.0. The Labute approximate surface area is 148 Å². The average molecular weight is 342 g/mol. The zero-order chi connectivity index (χ0) is 18.2. The number of pyridine rings is 1. The van der Waals surface area contributed by atoms with Crippen LogP contribution >= 0.6 is 0 Å². The van der Waals surface area contributed by atoms with E-state index in [2.05, 4.69) is 10.3 Å². The summed E-state index contributed by atoms with van der Waals surface area (Å²) in [6.07, 6.45) is 2.67. The molecule has 0 radical (unpaired) electrons. The lowest BCUT2D eigenvalue weighted by atomic mass is 10.1. The first-order valence-electron chi connectivity index (χ1n) is 8.60. The van der Waals surface area contributed by atoms with Crippen molar-refractivity contribution in [3.05, 3.63) is 63.6 Å². The molecule has 1 aromatic carbocycles. The SMILES string of the molecule is Cc1ccc(CCC(=O)NCc2cc(=O)c(OCC(C)C)c[nH]2)cc1. The molecule has 0 bridgehead atoms. The van der Waals surface area contributed by atoms with Gasteiger partial charge in [-0.15, -0.1) is 0 Å². The van der Waals surface area contributed by atoms with Crippen molar-refractivity contribution in [3.63, 3.8) is 0 Å². The minimum atomic E-state index is -0.177. The molecule has 1 aromatic heterocycles. The third-order valence-electron chi connectivity index (χ3n) is 3.75. The van der Waals surface area contributed by atoms with Crippen molar-refractivity contribution in [3.8, 4) is 5.75 Å². The Morgan fingerprint density at radius 3 is 2.60 bits per heavy atom. The van der Waals surface area contributed by atoms with E-state index in [1.165, 1.54) is 11.6 Å². The van der Waals surface area contributed by atoms with Crippen molar-refractivity contribution in [2.24, 2.45) is 5.92 Å². The summed E-state index contributed by atoms with van der Waals surface area (Å²) in [6.45, 7) is 6.88. The molecule has 2 aromatic rings. The molecule has 1 amide bonds. The van der Waals surface area contributed by atoms with Gasteiger partial charge in [0.05, 0.1) is 13.2 Å². The zero-order valence-corrected chi connectivity index (χ0v) is 15.1. The molecule has 0 fully saturated rings. The third kappa shape index (κ3) is 6.45. The summed E-state index contributed by atoms with van der Waals surface area (Å²) in [6, 6.07) is 9.63. The molecule has 0 aliphatic heterocycles. The highest BCUT2D eigenvalue weighted by Gasteiger charge is 2.06. The maximum Gasteiger partial charge on any atom is 0.223 e. The number of aromatic nitrogens is 1. The van der Waals surface area contributed by atoms with Crippen LogP contribution in [-0.4, -0.2) is 17.5 Å². The molecule has 5 heteroatoms. The number of hydrogen-bond acceptors (Lipinski definition) is 3. The van der Waals surface area contributed by atoms with Crippen LogP contribution in [0.5, 0.6) is 5.75 Å². The number of ether oxygens (including phenoxy) is 1. The van der Waals surface area contributed by atoms with Gasteiger partial charge in [0.25, 0.3) is 0 Å². The summed E-state index contributed by atoms with van der Waals surface area (Å²) in [5, 5.41) is 2.83. The number of benzene rings is 1. The van der Waals surface area contributed by atoms with Crippen LogP contribution in [0.3, 0.4) is 0 Å². The van der Waals surface area contributed by atoms with E-state index in [4.69, 9.17) is 4.74 Å². The fourth-order valence-corrected chi connectivity index (χ4v) is 2.27. The van der Waals surface area contributed by atoms with Gasteiger partial charge < -0.3 is 15.0 Å². The Morgan fingerprint density at radius 1 is 1.24 bits per heavy atom. The summed E-state index contributed by atoms with van der Waals surface area (Å²) in [4.78, 5) is 26.9. The van der Waals surface area contributed by atoms with Crippen molar-refractivity contribution in [2.45, 2.75) is 40.2 Å². The van der Waals surface area contributed by atoms with Gasteiger partial charge in [0.1, 0.15) is 0 Å². The molecule has 5 nitrogen and oxygen atoms in total. The number of rotatable bonds is 8. The quantitative estimate of drug-likeness (QED) is 0.775. The van der Waals surface area contributed by atoms with Crippen LogP contribution in [0.15, 0.2) is 41.3 Å². The third-order valence-corrected chi connectivity index (χ3v) is 3.75. The van der Waals surface area contributed by atoms with Gasteiger partial charge in [-0.3, -0.25) is 9.59 Å². The highest BCUT2D eigenvalue weighted by Crippen LogP contribution is 2.07. The molecule has 0 aliphatic rings. The van der Waals surface area contributed by atoms with E-state index in [-0.39, 0.29) is 11.3 Å². The Morgan fingerprint density at radius 2 is 1.96 bits per heavy atom. The summed E-state index contributed by atoms with van der Waals surface area (Å²) < 4.78 is 5.44. The molecule has 25 heavy (non-hydrogen) atoms. The Hall–Kier alpha value is -2.56. The van der Waals surface area contributed by atoms with Crippen LogP contribution in [0, 0.1) is 12.8 Å². The maximum absolute atomic E-state index is 12.0. The molecule has 1 heterocycles. The normalized spacial score (nSPS) is 10.7. The number of carbonyl (C=O) groups excluding carboxylic acids is 1. The smallest absolute Gasteiger partial charge is 0.223 e. The minimum Gasteiger partial charge on any atom is -0.488 e. The predicted molar refractivity (Wildman–Crippen MR) is 98.7 cm³/mol. The van der Waals surface area contributed by atoms with Crippen LogP contribution in [0.4, 0.5) is 0 Å². The van der Waals surface area contributed by atoms with E-state index < -0.39 is 0 Å². The number of aryl methyl sites for hydroxylation is 2. The molecular formula is C20H26N2O3. The van der Waals surface area contributed by atoms with E-state index >= 15 is 0 Å². The lowest BCUT2D eigenvalue weighted by molar-refractivity contribution is -0.121. The number of hydrogen-bond donors (Lipinski definition) is 2. The molecule has 0 unspecified atom stereocenters. The van der Waals surface area contributed by atoms with E-state index in [1.807, 2.05) is 45.0 Å². The second kappa shape index (κ2) is 9.06. The van der Waals surface area contributed by atoms with Gasteiger partial charge in [-0.2, -0.15) is 0 Å². The monoisotopic (exact) mass is 342 g/mol. The molecule has 2 rings (SSSR count). The fourth-order valence-electron chi connectivity index (χ4n) is 2.27. The first kappa shape index (κ1) is 18.8. The molecule has 0 spiro atoms. The van der Waals surface area contributed by atoms with Crippen molar-refractivity contribution in [2.75, 3.05) is 6.61 Å². The molecule has 0 saturated heterocycles. The number of carbonyl (C=O) groups is 1. The van der Waals surface area contributed by atoms with Gasteiger partial charge in [-0.05, 0) is 24.8 Å². The van der Waals surface area contributed by atoms with Crippen molar-refractivity contribution < 1.29 is 9.53 Å². The average Bonchev–Trinajstić information content (AvgIpc) is 2.58.